The van der Waals surface area contributed by atoms with Crippen molar-refractivity contribution in [3.05, 3.63) is 0 Å². The molecular formula is C13H28N2. The fourth-order valence-corrected chi connectivity index (χ4v) is 2.25. The lowest BCUT2D eigenvalue weighted by Gasteiger charge is -2.26. The van der Waals surface area contributed by atoms with Crippen LogP contribution in [0.25, 0.3) is 0 Å². The van der Waals surface area contributed by atoms with Crippen molar-refractivity contribution >= 4 is 0 Å². The lowest BCUT2D eigenvalue weighted by Crippen LogP contribution is -2.41. The molecule has 1 unspecified atom stereocenters. The molecule has 0 amide bonds. The van der Waals surface area contributed by atoms with Crippen LogP contribution in [0.4, 0.5) is 0 Å². The normalized spacial score (nSPS) is 20.0. The minimum atomic E-state index is 0.678. The molecule has 0 spiro atoms. The van der Waals surface area contributed by atoms with Crippen molar-refractivity contribution in [1.29, 1.82) is 0 Å². The lowest BCUT2D eigenvalue weighted by molar-refractivity contribution is 0.241. The predicted molar refractivity (Wildman–Crippen MR) is 67.3 cm³/mol. The lowest BCUT2D eigenvalue weighted by atomic mass is 10.2. The van der Waals surface area contributed by atoms with Crippen LogP contribution in [0, 0.1) is 0 Å². The van der Waals surface area contributed by atoms with Gasteiger partial charge in [0.05, 0.1) is 0 Å². The first-order chi connectivity index (χ1) is 7.24. The van der Waals surface area contributed by atoms with Gasteiger partial charge >= 0.3 is 0 Å². The minimum absolute atomic E-state index is 0.678. The molecule has 1 rings (SSSR count). The van der Waals surface area contributed by atoms with E-state index in [2.05, 4.69) is 31.1 Å². The maximum Gasteiger partial charge on any atom is 0.0189 e. The number of hydrogen-bond acceptors (Lipinski definition) is 2. The van der Waals surface area contributed by atoms with Gasteiger partial charge in [-0.15, -0.1) is 0 Å². The van der Waals surface area contributed by atoms with Gasteiger partial charge in [-0.2, -0.15) is 0 Å². The van der Waals surface area contributed by atoms with E-state index < -0.39 is 0 Å². The maximum absolute atomic E-state index is 3.70. The second-order valence-electron chi connectivity index (χ2n) is 5.07. The molecule has 2 nitrogen and oxygen atoms in total. The molecule has 2 heteroatoms. The van der Waals surface area contributed by atoms with Gasteiger partial charge in [-0.1, -0.05) is 26.2 Å². The van der Waals surface area contributed by atoms with Crippen LogP contribution < -0.4 is 5.32 Å². The van der Waals surface area contributed by atoms with Gasteiger partial charge in [0, 0.05) is 18.6 Å². The van der Waals surface area contributed by atoms with Crippen molar-refractivity contribution in [1.82, 2.24) is 10.2 Å². The standard InChI is InChI=1S/C13H28N2/c1-4-5-10-15(3)12(2)11-14-13-8-6-7-9-13/h12-14H,4-11H2,1-3H3. The highest BCUT2D eigenvalue weighted by molar-refractivity contribution is 4.76. The van der Waals surface area contributed by atoms with Crippen LogP contribution in [-0.4, -0.2) is 37.1 Å². The Labute approximate surface area is 95.4 Å². The third kappa shape index (κ3) is 4.98. The third-order valence-electron chi connectivity index (χ3n) is 3.67. The Morgan fingerprint density at radius 3 is 2.60 bits per heavy atom. The zero-order valence-electron chi connectivity index (χ0n) is 10.8. The molecule has 15 heavy (non-hydrogen) atoms. The summed E-state index contributed by atoms with van der Waals surface area (Å²) in [5.74, 6) is 0. The number of nitrogens with one attached hydrogen (secondary N) is 1. The summed E-state index contributed by atoms with van der Waals surface area (Å²) in [6, 6.07) is 1.49. The Bertz CT molecular complexity index is 153. The SMILES string of the molecule is CCCCN(C)C(C)CNC1CCCC1. The Morgan fingerprint density at radius 2 is 2.00 bits per heavy atom. The number of nitrogens with zero attached hydrogens (tertiary/aromatic N) is 1. The molecule has 1 atom stereocenters. The molecule has 1 fully saturated rings. The van der Waals surface area contributed by atoms with E-state index in [0.717, 1.165) is 12.6 Å². The number of unbranched alkanes of at least 4 members (excludes halogenated alkanes) is 1. The fraction of sp³-hybridized carbons (Fsp3) is 1.00. The maximum atomic E-state index is 3.70. The molecule has 0 saturated heterocycles. The van der Waals surface area contributed by atoms with E-state index in [-0.39, 0.29) is 0 Å². The quantitative estimate of drug-likeness (QED) is 0.698. The molecule has 1 aliphatic carbocycles. The summed E-state index contributed by atoms with van der Waals surface area (Å²) in [5, 5.41) is 3.70. The van der Waals surface area contributed by atoms with E-state index in [1.807, 2.05) is 0 Å². The van der Waals surface area contributed by atoms with Crippen molar-refractivity contribution in [3.8, 4) is 0 Å². The van der Waals surface area contributed by atoms with E-state index in [1.54, 1.807) is 0 Å². The van der Waals surface area contributed by atoms with Gasteiger partial charge in [0.15, 0.2) is 0 Å². The van der Waals surface area contributed by atoms with Crippen LogP contribution >= 0.6 is 0 Å². The van der Waals surface area contributed by atoms with Crippen LogP contribution in [0.5, 0.6) is 0 Å². The Kier molecular flexibility index (Phi) is 6.26. The molecule has 1 aliphatic rings. The summed E-state index contributed by atoms with van der Waals surface area (Å²) in [7, 11) is 2.25. The molecule has 0 radical (unpaired) electrons. The van der Waals surface area contributed by atoms with Crippen LogP contribution in [0.15, 0.2) is 0 Å². The summed E-state index contributed by atoms with van der Waals surface area (Å²) >= 11 is 0. The first-order valence-corrected chi connectivity index (χ1v) is 6.67. The largest absolute Gasteiger partial charge is 0.312 e. The second-order valence-corrected chi connectivity index (χ2v) is 5.07. The highest BCUT2D eigenvalue weighted by atomic mass is 15.1. The molecule has 90 valence electrons. The molecule has 0 aromatic rings. The first-order valence-electron chi connectivity index (χ1n) is 6.67. The summed E-state index contributed by atoms with van der Waals surface area (Å²) in [4.78, 5) is 2.48. The summed E-state index contributed by atoms with van der Waals surface area (Å²) in [6.07, 6.45) is 8.27. The molecule has 0 heterocycles. The Hall–Kier alpha value is -0.0800. The average Bonchev–Trinajstić information content (AvgIpc) is 2.75. The van der Waals surface area contributed by atoms with Crippen molar-refractivity contribution < 1.29 is 0 Å². The van der Waals surface area contributed by atoms with Crippen LogP contribution in [0.2, 0.25) is 0 Å². The summed E-state index contributed by atoms with van der Waals surface area (Å²) in [6.45, 7) is 6.99. The number of likely N-dealkylation sites (N-methyl/N-ethyl adjacent to an activating group) is 1. The van der Waals surface area contributed by atoms with E-state index in [9.17, 15) is 0 Å². The molecule has 1 N–H and O–H groups in total. The van der Waals surface area contributed by atoms with Gasteiger partial charge in [0.1, 0.15) is 0 Å². The molecule has 0 aromatic heterocycles. The van der Waals surface area contributed by atoms with Gasteiger partial charge in [-0.25, -0.2) is 0 Å². The van der Waals surface area contributed by atoms with Gasteiger partial charge < -0.3 is 10.2 Å². The number of hydrogen-bond donors (Lipinski definition) is 1. The zero-order valence-corrected chi connectivity index (χ0v) is 10.8. The summed E-state index contributed by atoms with van der Waals surface area (Å²) < 4.78 is 0. The van der Waals surface area contributed by atoms with Gasteiger partial charge in [-0.05, 0) is 39.8 Å². The van der Waals surface area contributed by atoms with Crippen molar-refractivity contribution in [2.24, 2.45) is 0 Å². The highest BCUT2D eigenvalue weighted by Crippen LogP contribution is 2.17. The van der Waals surface area contributed by atoms with Crippen LogP contribution in [-0.2, 0) is 0 Å². The number of rotatable bonds is 7. The zero-order chi connectivity index (χ0) is 11.1. The monoisotopic (exact) mass is 212 g/mol. The Morgan fingerprint density at radius 1 is 1.33 bits per heavy atom. The van der Waals surface area contributed by atoms with Crippen molar-refractivity contribution in [3.63, 3.8) is 0 Å². The van der Waals surface area contributed by atoms with Crippen LogP contribution in [0.3, 0.4) is 0 Å². The molecular weight excluding hydrogens is 184 g/mol. The minimum Gasteiger partial charge on any atom is -0.312 e. The molecule has 0 bridgehead atoms. The van der Waals surface area contributed by atoms with Gasteiger partial charge in [0.25, 0.3) is 0 Å². The van der Waals surface area contributed by atoms with Crippen molar-refractivity contribution in [2.45, 2.75) is 64.5 Å². The Balaban J connectivity index is 2.08. The molecule has 0 aliphatic heterocycles. The van der Waals surface area contributed by atoms with Crippen LogP contribution in [0.1, 0.15) is 52.4 Å². The molecule has 0 aromatic carbocycles. The van der Waals surface area contributed by atoms with Crippen molar-refractivity contribution in [2.75, 3.05) is 20.1 Å². The average molecular weight is 212 g/mol. The first kappa shape index (κ1) is 13.0. The fourth-order valence-electron chi connectivity index (χ4n) is 2.25. The van der Waals surface area contributed by atoms with Gasteiger partial charge in [-0.3, -0.25) is 0 Å². The van der Waals surface area contributed by atoms with E-state index in [0.29, 0.717) is 6.04 Å². The topological polar surface area (TPSA) is 15.3 Å². The van der Waals surface area contributed by atoms with E-state index >= 15 is 0 Å². The highest BCUT2D eigenvalue weighted by Gasteiger charge is 2.16. The molecule has 1 saturated carbocycles. The van der Waals surface area contributed by atoms with E-state index in [1.165, 1.54) is 45.1 Å². The summed E-state index contributed by atoms with van der Waals surface area (Å²) in [5.41, 5.74) is 0. The third-order valence-corrected chi connectivity index (χ3v) is 3.67. The second kappa shape index (κ2) is 7.24. The predicted octanol–water partition coefficient (Wildman–Crippen LogP) is 2.64. The smallest absolute Gasteiger partial charge is 0.0189 e. The van der Waals surface area contributed by atoms with Gasteiger partial charge in [0.2, 0.25) is 0 Å². The van der Waals surface area contributed by atoms with E-state index in [4.69, 9.17) is 0 Å².